The summed E-state index contributed by atoms with van der Waals surface area (Å²) in [5, 5.41) is 1.08. The zero-order chi connectivity index (χ0) is 12.3. The summed E-state index contributed by atoms with van der Waals surface area (Å²) in [6.07, 6.45) is 1.87. The second-order valence-corrected chi connectivity index (χ2v) is 5.84. The lowest BCUT2D eigenvalue weighted by Crippen LogP contribution is -1.88. The van der Waals surface area contributed by atoms with Crippen LogP contribution in [-0.4, -0.2) is 4.98 Å². The molecule has 88 valence electrons. The first kappa shape index (κ1) is 12.7. The van der Waals surface area contributed by atoms with E-state index < -0.39 is 0 Å². The number of hydrogen-bond donors (Lipinski definition) is 0. The number of aryl methyl sites for hydroxylation is 2. The maximum atomic E-state index is 4.40. The Morgan fingerprint density at radius 3 is 2.65 bits per heavy atom. The van der Waals surface area contributed by atoms with Gasteiger partial charge in [0.15, 0.2) is 0 Å². The van der Waals surface area contributed by atoms with Crippen molar-refractivity contribution in [2.75, 3.05) is 0 Å². The van der Waals surface area contributed by atoms with Crippen molar-refractivity contribution in [1.82, 2.24) is 4.98 Å². The number of benzene rings is 1. The Labute approximate surface area is 115 Å². The van der Waals surface area contributed by atoms with Crippen LogP contribution >= 0.6 is 27.7 Å². The van der Waals surface area contributed by atoms with Crippen LogP contribution in [0.4, 0.5) is 0 Å². The van der Waals surface area contributed by atoms with E-state index >= 15 is 0 Å². The molecule has 0 fully saturated rings. The molecule has 1 nitrogen and oxygen atoms in total. The van der Waals surface area contributed by atoms with Gasteiger partial charge in [-0.3, -0.25) is 0 Å². The molecular weight excluding hydrogens is 294 g/mol. The molecule has 0 unspecified atom stereocenters. The van der Waals surface area contributed by atoms with E-state index in [0.717, 1.165) is 15.3 Å². The molecule has 3 heteroatoms. The number of halogens is 1. The second kappa shape index (κ2) is 5.69. The summed E-state index contributed by atoms with van der Waals surface area (Å²) in [5.74, 6) is 0.973. The summed E-state index contributed by atoms with van der Waals surface area (Å²) in [4.78, 5) is 4.40. The highest BCUT2D eigenvalue weighted by molar-refractivity contribution is 9.10. The third-order valence-electron chi connectivity index (χ3n) is 2.66. The normalized spacial score (nSPS) is 10.5. The van der Waals surface area contributed by atoms with Crippen molar-refractivity contribution in [1.29, 1.82) is 0 Å². The molecule has 1 aromatic heterocycles. The molecule has 1 heterocycles. The van der Waals surface area contributed by atoms with Crippen LogP contribution in [0, 0.1) is 13.8 Å². The number of aromatic nitrogens is 1. The average molecular weight is 308 g/mol. The summed E-state index contributed by atoms with van der Waals surface area (Å²) in [6, 6.07) is 10.6. The summed E-state index contributed by atoms with van der Waals surface area (Å²) in [7, 11) is 0. The molecular formula is C14H14BrNS. The molecule has 1 aromatic carbocycles. The van der Waals surface area contributed by atoms with Crippen LogP contribution in [0.5, 0.6) is 0 Å². The Bertz CT molecular complexity index is 525. The van der Waals surface area contributed by atoms with Gasteiger partial charge in [-0.05, 0) is 52.5 Å². The summed E-state index contributed by atoms with van der Waals surface area (Å²) >= 11 is 5.24. The fourth-order valence-corrected chi connectivity index (χ4v) is 2.75. The molecule has 0 aliphatic rings. The maximum absolute atomic E-state index is 4.40. The van der Waals surface area contributed by atoms with Crippen molar-refractivity contribution in [3.05, 3.63) is 57.7 Å². The number of pyridine rings is 1. The van der Waals surface area contributed by atoms with Crippen LogP contribution in [0.2, 0.25) is 0 Å². The van der Waals surface area contributed by atoms with Crippen LogP contribution in [0.15, 0.2) is 46.0 Å². The van der Waals surface area contributed by atoms with Crippen molar-refractivity contribution in [3.8, 4) is 0 Å². The monoisotopic (exact) mass is 307 g/mol. The fraction of sp³-hybridized carbons (Fsp3) is 0.214. The molecule has 0 atom stereocenters. The Morgan fingerprint density at radius 1 is 1.18 bits per heavy atom. The molecule has 0 radical (unpaired) electrons. The smallest absolute Gasteiger partial charge is 0.0966 e. The van der Waals surface area contributed by atoms with E-state index in [4.69, 9.17) is 0 Å². The summed E-state index contributed by atoms with van der Waals surface area (Å²) in [6.45, 7) is 4.24. The zero-order valence-corrected chi connectivity index (χ0v) is 12.3. The molecule has 0 saturated carbocycles. The molecule has 2 rings (SSSR count). The lowest BCUT2D eigenvalue weighted by Gasteiger charge is -2.06. The van der Waals surface area contributed by atoms with Crippen molar-refractivity contribution >= 4 is 27.7 Å². The van der Waals surface area contributed by atoms with Gasteiger partial charge >= 0.3 is 0 Å². The third-order valence-corrected chi connectivity index (χ3v) is 4.46. The topological polar surface area (TPSA) is 12.9 Å². The molecule has 0 aliphatic carbocycles. The van der Waals surface area contributed by atoms with Gasteiger partial charge in [0.05, 0.1) is 5.03 Å². The quantitative estimate of drug-likeness (QED) is 0.759. The van der Waals surface area contributed by atoms with Gasteiger partial charge in [-0.25, -0.2) is 4.98 Å². The van der Waals surface area contributed by atoms with Crippen molar-refractivity contribution in [2.45, 2.75) is 24.6 Å². The highest BCUT2D eigenvalue weighted by atomic mass is 79.9. The SMILES string of the molecule is Cc1cc(SCc2ccccc2C)ncc1Br. The number of nitrogens with zero attached hydrogens (tertiary/aromatic N) is 1. The first-order valence-corrected chi connectivity index (χ1v) is 7.24. The maximum Gasteiger partial charge on any atom is 0.0966 e. The Hall–Kier alpha value is -0.800. The van der Waals surface area contributed by atoms with Crippen LogP contribution in [-0.2, 0) is 5.75 Å². The first-order chi connectivity index (χ1) is 8.16. The lowest BCUT2D eigenvalue weighted by atomic mass is 10.1. The van der Waals surface area contributed by atoms with Crippen LogP contribution in [0.1, 0.15) is 16.7 Å². The summed E-state index contributed by atoms with van der Waals surface area (Å²) in [5.41, 5.74) is 3.95. The third kappa shape index (κ3) is 3.33. The molecule has 0 saturated heterocycles. The number of hydrogen-bond acceptors (Lipinski definition) is 2. The van der Waals surface area contributed by atoms with Gasteiger partial charge in [0, 0.05) is 16.4 Å². The van der Waals surface area contributed by atoms with Gasteiger partial charge < -0.3 is 0 Å². The first-order valence-electron chi connectivity index (χ1n) is 5.46. The Kier molecular flexibility index (Phi) is 4.24. The van der Waals surface area contributed by atoms with Crippen LogP contribution in [0.25, 0.3) is 0 Å². The van der Waals surface area contributed by atoms with E-state index in [1.54, 1.807) is 11.8 Å². The molecule has 2 aromatic rings. The van der Waals surface area contributed by atoms with Gasteiger partial charge in [-0.2, -0.15) is 0 Å². The van der Waals surface area contributed by atoms with Crippen molar-refractivity contribution < 1.29 is 0 Å². The Morgan fingerprint density at radius 2 is 1.94 bits per heavy atom. The molecule has 0 spiro atoms. The molecule has 0 aliphatic heterocycles. The minimum atomic E-state index is 0.973. The van der Waals surface area contributed by atoms with E-state index in [1.807, 2.05) is 6.20 Å². The largest absolute Gasteiger partial charge is 0.249 e. The van der Waals surface area contributed by atoms with Crippen LogP contribution < -0.4 is 0 Å². The molecule has 0 N–H and O–H groups in total. The van der Waals surface area contributed by atoms with Gasteiger partial charge in [-0.15, -0.1) is 11.8 Å². The molecule has 0 bridgehead atoms. The molecule has 17 heavy (non-hydrogen) atoms. The average Bonchev–Trinajstić information content (AvgIpc) is 2.32. The van der Waals surface area contributed by atoms with Crippen molar-refractivity contribution in [2.24, 2.45) is 0 Å². The van der Waals surface area contributed by atoms with E-state index in [9.17, 15) is 0 Å². The Balaban J connectivity index is 2.08. The van der Waals surface area contributed by atoms with E-state index in [0.29, 0.717) is 0 Å². The predicted octanol–water partition coefficient (Wildman–Crippen LogP) is 4.75. The lowest BCUT2D eigenvalue weighted by molar-refractivity contribution is 1.10. The van der Waals surface area contributed by atoms with Gasteiger partial charge in [-0.1, -0.05) is 24.3 Å². The van der Waals surface area contributed by atoms with Gasteiger partial charge in [0.2, 0.25) is 0 Å². The molecule has 0 amide bonds. The van der Waals surface area contributed by atoms with E-state index in [2.05, 4.69) is 65.1 Å². The predicted molar refractivity (Wildman–Crippen MR) is 77.4 cm³/mol. The van der Waals surface area contributed by atoms with E-state index in [1.165, 1.54) is 16.7 Å². The van der Waals surface area contributed by atoms with Crippen LogP contribution in [0.3, 0.4) is 0 Å². The van der Waals surface area contributed by atoms with Gasteiger partial charge in [0.25, 0.3) is 0 Å². The highest BCUT2D eigenvalue weighted by Gasteiger charge is 2.02. The van der Waals surface area contributed by atoms with Gasteiger partial charge in [0.1, 0.15) is 0 Å². The van der Waals surface area contributed by atoms with Crippen molar-refractivity contribution in [3.63, 3.8) is 0 Å². The standard InChI is InChI=1S/C14H14BrNS/c1-10-5-3-4-6-12(10)9-17-14-7-11(2)13(15)8-16-14/h3-8H,9H2,1-2H3. The summed E-state index contributed by atoms with van der Waals surface area (Å²) < 4.78 is 1.07. The number of rotatable bonds is 3. The fourth-order valence-electron chi connectivity index (χ4n) is 1.52. The highest BCUT2D eigenvalue weighted by Crippen LogP contribution is 2.25. The zero-order valence-electron chi connectivity index (χ0n) is 9.90. The minimum Gasteiger partial charge on any atom is -0.249 e. The second-order valence-electron chi connectivity index (χ2n) is 3.99. The number of thioether (sulfide) groups is 1. The minimum absolute atomic E-state index is 0.973. The van der Waals surface area contributed by atoms with E-state index in [-0.39, 0.29) is 0 Å².